The van der Waals surface area contributed by atoms with Crippen LogP contribution in [0.5, 0.6) is 0 Å². The molecule has 1 unspecified atom stereocenters. The lowest BCUT2D eigenvalue weighted by Crippen LogP contribution is -2.37. The fourth-order valence-electron chi connectivity index (χ4n) is 2.94. The molecule has 0 saturated heterocycles. The van der Waals surface area contributed by atoms with E-state index < -0.39 is 29.6 Å². The van der Waals surface area contributed by atoms with Crippen LogP contribution in [-0.4, -0.2) is 29.4 Å². The first-order chi connectivity index (χ1) is 13.6. The Bertz CT molecular complexity index is 847. The van der Waals surface area contributed by atoms with Gasteiger partial charge in [0.25, 0.3) is 0 Å². The van der Waals surface area contributed by atoms with Gasteiger partial charge >= 0.3 is 11.9 Å². The number of benzene rings is 2. The third kappa shape index (κ3) is 6.56. The zero-order valence-electron chi connectivity index (χ0n) is 17.3. The number of rotatable bonds is 8. The van der Waals surface area contributed by atoms with E-state index in [4.69, 9.17) is 4.74 Å². The molecule has 1 N–H and O–H groups in total. The van der Waals surface area contributed by atoms with Crippen LogP contribution in [0, 0.1) is 17.3 Å². The standard InChI is InChI=1S/C24H28O5/c1-16(23(28)29-15-24(2,3)4)21(22(26)27)20(25)14-17-10-12-19(13-11-17)18-8-6-5-7-9-18/h5-13,16,21H,14-15H2,1-4H3,(H,26,27)/t16-,21?/m1/s1. The zero-order chi connectivity index (χ0) is 21.6. The minimum absolute atomic E-state index is 0.0527. The van der Waals surface area contributed by atoms with E-state index in [1.165, 1.54) is 6.92 Å². The molecule has 5 heteroatoms. The van der Waals surface area contributed by atoms with Crippen molar-refractivity contribution in [1.29, 1.82) is 0 Å². The molecule has 0 saturated carbocycles. The molecule has 2 rings (SSSR count). The summed E-state index contributed by atoms with van der Waals surface area (Å²) < 4.78 is 5.21. The molecule has 2 atom stereocenters. The van der Waals surface area contributed by atoms with Crippen LogP contribution in [0.15, 0.2) is 54.6 Å². The Hall–Kier alpha value is -2.95. The van der Waals surface area contributed by atoms with Crippen LogP contribution in [0.4, 0.5) is 0 Å². The average Bonchev–Trinajstić information content (AvgIpc) is 2.66. The van der Waals surface area contributed by atoms with Gasteiger partial charge in [-0.25, -0.2) is 0 Å². The molecule has 0 heterocycles. The molecule has 154 valence electrons. The smallest absolute Gasteiger partial charge is 0.314 e. The first-order valence-electron chi connectivity index (χ1n) is 9.65. The maximum absolute atomic E-state index is 12.7. The van der Waals surface area contributed by atoms with Crippen molar-refractivity contribution < 1.29 is 24.2 Å². The summed E-state index contributed by atoms with van der Waals surface area (Å²) in [7, 11) is 0. The van der Waals surface area contributed by atoms with Gasteiger partial charge in [0.1, 0.15) is 5.92 Å². The first kappa shape index (κ1) is 22.3. The van der Waals surface area contributed by atoms with Crippen molar-refractivity contribution in [3.8, 4) is 11.1 Å². The number of carbonyl (C=O) groups excluding carboxylic acids is 2. The summed E-state index contributed by atoms with van der Waals surface area (Å²) in [6.07, 6.45) is -0.0527. The number of aliphatic carboxylic acids is 1. The summed E-state index contributed by atoms with van der Waals surface area (Å²) in [5, 5.41) is 9.53. The maximum atomic E-state index is 12.7. The Morgan fingerprint density at radius 2 is 1.48 bits per heavy atom. The van der Waals surface area contributed by atoms with E-state index in [1.807, 2.05) is 75.4 Å². The molecular weight excluding hydrogens is 368 g/mol. The van der Waals surface area contributed by atoms with E-state index in [2.05, 4.69) is 0 Å². The number of Topliss-reactive ketones (excluding diaryl/α,β-unsaturated/α-hetero) is 1. The second-order valence-corrected chi connectivity index (χ2v) is 8.48. The third-order valence-corrected chi connectivity index (χ3v) is 4.57. The Labute approximate surface area is 171 Å². The zero-order valence-corrected chi connectivity index (χ0v) is 17.3. The van der Waals surface area contributed by atoms with Crippen molar-refractivity contribution in [2.45, 2.75) is 34.1 Å². The van der Waals surface area contributed by atoms with Crippen molar-refractivity contribution in [3.05, 3.63) is 60.2 Å². The van der Waals surface area contributed by atoms with Crippen molar-refractivity contribution in [1.82, 2.24) is 0 Å². The predicted octanol–water partition coefficient (Wildman–Crippen LogP) is 4.39. The molecule has 0 aliphatic heterocycles. The quantitative estimate of drug-likeness (QED) is 0.529. The topological polar surface area (TPSA) is 80.7 Å². The van der Waals surface area contributed by atoms with Gasteiger partial charge in [0.05, 0.1) is 12.5 Å². The summed E-state index contributed by atoms with van der Waals surface area (Å²) in [4.78, 5) is 36.6. The van der Waals surface area contributed by atoms with Gasteiger partial charge in [0.2, 0.25) is 0 Å². The Morgan fingerprint density at radius 3 is 2.00 bits per heavy atom. The molecule has 29 heavy (non-hydrogen) atoms. The summed E-state index contributed by atoms with van der Waals surface area (Å²) in [6.45, 7) is 7.31. The molecule has 5 nitrogen and oxygen atoms in total. The molecule has 0 fully saturated rings. The summed E-state index contributed by atoms with van der Waals surface area (Å²) in [6, 6.07) is 17.2. The highest BCUT2D eigenvalue weighted by atomic mass is 16.5. The van der Waals surface area contributed by atoms with E-state index >= 15 is 0 Å². The van der Waals surface area contributed by atoms with Gasteiger partial charge < -0.3 is 9.84 Å². The monoisotopic (exact) mass is 396 g/mol. The molecule has 2 aromatic carbocycles. The van der Waals surface area contributed by atoms with Gasteiger partial charge in [-0.05, 0) is 22.1 Å². The lowest BCUT2D eigenvalue weighted by molar-refractivity contribution is -0.161. The van der Waals surface area contributed by atoms with E-state index in [0.717, 1.165) is 11.1 Å². The third-order valence-electron chi connectivity index (χ3n) is 4.57. The Balaban J connectivity index is 2.07. The van der Waals surface area contributed by atoms with Crippen LogP contribution < -0.4 is 0 Å². The summed E-state index contributed by atoms with van der Waals surface area (Å²) >= 11 is 0. The number of ketones is 1. The average molecular weight is 396 g/mol. The predicted molar refractivity (Wildman–Crippen MR) is 111 cm³/mol. The van der Waals surface area contributed by atoms with Crippen molar-refractivity contribution in [3.63, 3.8) is 0 Å². The molecule has 0 amide bonds. The normalized spacial score (nSPS) is 13.4. The van der Waals surface area contributed by atoms with E-state index in [9.17, 15) is 19.5 Å². The number of carbonyl (C=O) groups is 3. The molecular formula is C24H28O5. The highest BCUT2D eigenvalue weighted by Crippen LogP contribution is 2.22. The van der Waals surface area contributed by atoms with Gasteiger partial charge in [-0.2, -0.15) is 0 Å². The second-order valence-electron chi connectivity index (χ2n) is 8.48. The minimum atomic E-state index is -1.43. The number of hydrogen-bond donors (Lipinski definition) is 1. The van der Waals surface area contributed by atoms with Gasteiger partial charge in [0.15, 0.2) is 5.78 Å². The lowest BCUT2D eigenvalue weighted by Gasteiger charge is -2.22. The number of ether oxygens (including phenoxy) is 1. The van der Waals surface area contributed by atoms with Crippen LogP contribution in [-0.2, 0) is 25.5 Å². The van der Waals surface area contributed by atoms with E-state index in [1.54, 1.807) is 0 Å². The van der Waals surface area contributed by atoms with Crippen molar-refractivity contribution >= 4 is 17.7 Å². The maximum Gasteiger partial charge on any atom is 0.314 e. The van der Waals surface area contributed by atoms with Crippen LogP contribution >= 0.6 is 0 Å². The summed E-state index contributed by atoms with van der Waals surface area (Å²) in [5.74, 6) is -4.97. The highest BCUT2D eigenvalue weighted by molar-refractivity contribution is 6.02. The van der Waals surface area contributed by atoms with Gasteiger partial charge in [-0.3, -0.25) is 14.4 Å². The SMILES string of the molecule is C[C@@H](C(=O)OCC(C)(C)C)C(C(=O)O)C(=O)Cc1ccc(-c2ccccc2)cc1. The molecule has 2 aromatic rings. The van der Waals surface area contributed by atoms with Gasteiger partial charge in [0, 0.05) is 6.42 Å². The molecule has 0 aliphatic carbocycles. The fourth-order valence-corrected chi connectivity index (χ4v) is 2.94. The number of carboxylic acids is 1. The van der Waals surface area contributed by atoms with E-state index in [0.29, 0.717) is 5.56 Å². The Kier molecular flexibility index (Phi) is 7.32. The number of carboxylic acid groups (broad SMARTS) is 1. The van der Waals surface area contributed by atoms with Gasteiger partial charge in [-0.1, -0.05) is 82.3 Å². The largest absolute Gasteiger partial charge is 0.481 e. The van der Waals surface area contributed by atoms with Crippen LogP contribution in [0.2, 0.25) is 0 Å². The highest BCUT2D eigenvalue weighted by Gasteiger charge is 2.37. The first-order valence-corrected chi connectivity index (χ1v) is 9.65. The summed E-state index contributed by atoms with van der Waals surface area (Å²) in [5.41, 5.74) is 2.54. The van der Waals surface area contributed by atoms with Crippen LogP contribution in [0.3, 0.4) is 0 Å². The van der Waals surface area contributed by atoms with Gasteiger partial charge in [-0.15, -0.1) is 0 Å². The number of hydrogen-bond acceptors (Lipinski definition) is 4. The molecule has 0 aliphatic rings. The molecule has 0 bridgehead atoms. The minimum Gasteiger partial charge on any atom is -0.481 e. The van der Waals surface area contributed by atoms with Crippen LogP contribution in [0.25, 0.3) is 11.1 Å². The van der Waals surface area contributed by atoms with Crippen molar-refractivity contribution in [2.24, 2.45) is 17.3 Å². The molecule has 0 aromatic heterocycles. The molecule has 0 spiro atoms. The lowest BCUT2D eigenvalue weighted by atomic mass is 9.87. The Morgan fingerprint density at radius 1 is 0.931 bits per heavy atom. The van der Waals surface area contributed by atoms with E-state index in [-0.39, 0.29) is 18.4 Å². The van der Waals surface area contributed by atoms with Crippen molar-refractivity contribution in [2.75, 3.05) is 6.61 Å². The number of esters is 1. The fraction of sp³-hybridized carbons (Fsp3) is 0.375. The molecule has 0 radical (unpaired) electrons. The second kappa shape index (κ2) is 9.50. The van der Waals surface area contributed by atoms with Crippen LogP contribution in [0.1, 0.15) is 33.3 Å².